The lowest BCUT2D eigenvalue weighted by molar-refractivity contribution is -0.123. The summed E-state index contributed by atoms with van der Waals surface area (Å²) in [7, 11) is 0. The van der Waals surface area contributed by atoms with Crippen molar-refractivity contribution < 1.29 is 14.3 Å². The van der Waals surface area contributed by atoms with Crippen molar-refractivity contribution in [1.29, 1.82) is 0 Å². The second-order valence-corrected chi connectivity index (χ2v) is 7.74. The molecule has 154 valence electrons. The van der Waals surface area contributed by atoms with Gasteiger partial charge in [-0.25, -0.2) is 0 Å². The Balaban J connectivity index is 1.91. The van der Waals surface area contributed by atoms with Crippen LogP contribution < -0.4 is 15.4 Å². The number of rotatable bonds is 9. The maximum atomic E-state index is 12.4. The van der Waals surface area contributed by atoms with Gasteiger partial charge in [0.2, 0.25) is 5.91 Å². The Morgan fingerprint density at radius 1 is 1.10 bits per heavy atom. The van der Waals surface area contributed by atoms with Crippen molar-refractivity contribution in [2.45, 2.75) is 39.2 Å². The van der Waals surface area contributed by atoms with Crippen LogP contribution in [0.1, 0.15) is 33.1 Å². The lowest BCUT2D eigenvalue weighted by atomic mass is 10.2. The molecule has 0 radical (unpaired) electrons. The highest BCUT2D eigenvalue weighted by Crippen LogP contribution is 2.28. The lowest BCUT2D eigenvalue weighted by Gasteiger charge is -2.16. The molecule has 0 saturated carbocycles. The number of hydrogen-bond acceptors (Lipinski definition) is 4. The molecule has 29 heavy (non-hydrogen) atoms. The van der Waals surface area contributed by atoms with Crippen LogP contribution in [0.25, 0.3) is 0 Å². The summed E-state index contributed by atoms with van der Waals surface area (Å²) in [6.07, 6.45) is 0.513. The van der Waals surface area contributed by atoms with Crippen molar-refractivity contribution in [2.75, 3.05) is 10.6 Å². The van der Waals surface area contributed by atoms with Gasteiger partial charge in [-0.2, -0.15) is 0 Å². The van der Waals surface area contributed by atoms with Gasteiger partial charge in [-0.1, -0.05) is 48.4 Å². The van der Waals surface area contributed by atoms with E-state index in [1.54, 1.807) is 49.4 Å². The molecule has 0 bridgehead atoms. The number of carbonyl (C=O) groups excluding carboxylic acids is 2. The fraction of sp³-hybridized carbons (Fsp3) is 0.286. The molecule has 1 atom stereocenters. The number of anilines is 2. The average Bonchev–Trinajstić information content (AvgIpc) is 2.64. The van der Waals surface area contributed by atoms with Crippen LogP contribution in [0.3, 0.4) is 0 Å². The second-order valence-electron chi connectivity index (χ2n) is 6.41. The fourth-order valence-electron chi connectivity index (χ4n) is 2.46. The number of hydrogen-bond donors (Lipinski definition) is 2. The fourth-order valence-corrected chi connectivity index (χ4v) is 3.17. The molecule has 2 aromatic carbocycles. The number of thiocarbonyl (C=S) groups is 1. The van der Waals surface area contributed by atoms with E-state index in [-0.39, 0.29) is 18.1 Å². The molecule has 0 aliphatic carbocycles. The number of Topliss-reactive ketones (excluding diaryl/α,β-unsaturated/α-hetero) is 1. The zero-order chi connectivity index (χ0) is 21.4. The Morgan fingerprint density at radius 2 is 1.79 bits per heavy atom. The molecule has 2 rings (SSSR count). The van der Waals surface area contributed by atoms with Crippen LogP contribution in [0.4, 0.5) is 11.4 Å². The summed E-state index contributed by atoms with van der Waals surface area (Å²) in [4.78, 5) is 24.5. The zero-order valence-electron chi connectivity index (χ0n) is 16.1. The van der Waals surface area contributed by atoms with Crippen molar-refractivity contribution in [3.8, 4) is 5.75 Å². The van der Waals surface area contributed by atoms with Crippen LogP contribution in [-0.2, 0) is 9.59 Å². The van der Waals surface area contributed by atoms with Crippen LogP contribution in [0.15, 0.2) is 42.5 Å². The van der Waals surface area contributed by atoms with Gasteiger partial charge in [0, 0.05) is 22.8 Å². The van der Waals surface area contributed by atoms with E-state index in [0.717, 1.165) is 6.42 Å². The largest absolute Gasteiger partial charge is 0.481 e. The lowest BCUT2D eigenvalue weighted by Crippen LogP contribution is -2.27. The summed E-state index contributed by atoms with van der Waals surface area (Å²) < 4.78 is 5.62. The topological polar surface area (TPSA) is 67.4 Å². The Hall–Kier alpha value is -2.15. The van der Waals surface area contributed by atoms with Gasteiger partial charge in [-0.15, -0.1) is 0 Å². The van der Waals surface area contributed by atoms with E-state index in [2.05, 4.69) is 10.6 Å². The standard InChI is InChI=1S/C21H22Cl2N2O3S/c1-3-5-20(27)24-15-6-4-7-16(11-15)25-21(29)12-18(26)13(2)28-19-9-8-14(22)10-17(19)23/h4,6-11,13H,3,5,12H2,1-2H3,(H,24,27)(H,25,29)/t13-/m1/s1. The molecule has 0 heterocycles. The van der Waals surface area contributed by atoms with Crippen LogP contribution in [0.2, 0.25) is 10.0 Å². The molecular formula is C21H22Cl2N2O3S. The minimum atomic E-state index is -0.729. The molecule has 2 aromatic rings. The minimum absolute atomic E-state index is 0.00807. The molecule has 0 fully saturated rings. The summed E-state index contributed by atoms with van der Waals surface area (Å²) >= 11 is 17.2. The summed E-state index contributed by atoms with van der Waals surface area (Å²) in [5.74, 6) is 0.140. The van der Waals surface area contributed by atoms with E-state index in [9.17, 15) is 9.59 Å². The van der Waals surface area contributed by atoms with Gasteiger partial charge in [0.15, 0.2) is 11.9 Å². The predicted molar refractivity (Wildman–Crippen MR) is 122 cm³/mol. The first-order valence-electron chi connectivity index (χ1n) is 9.12. The molecule has 0 aliphatic heterocycles. The van der Waals surface area contributed by atoms with Crippen molar-refractivity contribution in [1.82, 2.24) is 0 Å². The van der Waals surface area contributed by atoms with Crippen LogP contribution in [-0.4, -0.2) is 22.8 Å². The summed E-state index contributed by atoms with van der Waals surface area (Å²) in [5, 5.41) is 6.66. The second kappa shape index (κ2) is 11.1. The minimum Gasteiger partial charge on any atom is -0.481 e. The highest BCUT2D eigenvalue weighted by Gasteiger charge is 2.18. The Bertz CT molecular complexity index is 905. The summed E-state index contributed by atoms with van der Waals surface area (Å²) in [6.45, 7) is 3.58. The van der Waals surface area contributed by atoms with Crippen molar-refractivity contribution in [3.63, 3.8) is 0 Å². The molecule has 5 nitrogen and oxygen atoms in total. The number of halogens is 2. The number of amides is 1. The van der Waals surface area contributed by atoms with Gasteiger partial charge in [0.1, 0.15) is 5.75 Å². The Kier molecular flexibility index (Phi) is 8.89. The number of ether oxygens (including phenoxy) is 1. The van der Waals surface area contributed by atoms with Gasteiger partial charge in [0.25, 0.3) is 0 Å². The third kappa shape index (κ3) is 7.65. The maximum Gasteiger partial charge on any atom is 0.224 e. The van der Waals surface area contributed by atoms with Crippen LogP contribution in [0.5, 0.6) is 5.75 Å². The van der Waals surface area contributed by atoms with Crippen LogP contribution >= 0.6 is 35.4 Å². The van der Waals surface area contributed by atoms with Gasteiger partial charge in [-0.3, -0.25) is 9.59 Å². The number of benzene rings is 2. The molecule has 0 aliphatic rings. The molecule has 0 unspecified atom stereocenters. The third-order valence-electron chi connectivity index (χ3n) is 3.89. The number of ketones is 1. The number of carbonyl (C=O) groups is 2. The molecule has 2 N–H and O–H groups in total. The summed E-state index contributed by atoms with van der Waals surface area (Å²) in [5.41, 5.74) is 1.35. The highest BCUT2D eigenvalue weighted by molar-refractivity contribution is 7.80. The van der Waals surface area contributed by atoms with E-state index in [1.807, 2.05) is 6.92 Å². The van der Waals surface area contributed by atoms with Gasteiger partial charge in [0.05, 0.1) is 16.4 Å². The Labute approximate surface area is 185 Å². The van der Waals surface area contributed by atoms with Crippen molar-refractivity contribution >= 4 is 63.5 Å². The normalized spacial score (nSPS) is 11.4. The Morgan fingerprint density at radius 3 is 2.45 bits per heavy atom. The predicted octanol–water partition coefficient (Wildman–Crippen LogP) is 5.90. The first-order chi connectivity index (χ1) is 13.8. The first kappa shape index (κ1) is 23.1. The highest BCUT2D eigenvalue weighted by atomic mass is 35.5. The monoisotopic (exact) mass is 452 g/mol. The van der Waals surface area contributed by atoms with Crippen LogP contribution in [0, 0.1) is 0 Å². The maximum absolute atomic E-state index is 12.4. The molecule has 8 heteroatoms. The zero-order valence-corrected chi connectivity index (χ0v) is 18.5. The SMILES string of the molecule is CCCC(=O)Nc1cccc(NC(=S)CC(=O)[C@@H](C)Oc2ccc(Cl)cc2Cl)c1. The average molecular weight is 453 g/mol. The molecule has 0 saturated heterocycles. The summed E-state index contributed by atoms with van der Waals surface area (Å²) in [6, 6.07) is 12.0. The van der Waals surface area contributed by atoms with Crippen molar-refractivity contribution in [2.24, 2.45) is 0 Å². The smallest absolute Gasteiger partial charge is 0.224 e. The van der Waals surface area contributed by atoms with Gasteiger partial charge < -0.3 is 15.4 Å². The molecule has 1 amide bonds. The molecule has 0 spiro atoms. The van der Waals surface area contributed by atoms with Gasteiger partial charge >= 0.3 is 0 Å². The molecular weight excluding hydrogens is 431 g/mol. The van der Waals surface area contributed by atoms with E-state index >= 15 is 0 Å². The number of nitrogens with one attached hydrogen (secondary N) is 2. The van der Waals surface area contributed by atoms with Gasteiger partial charge in [-0.05, 0) is 49.7 Å². The quantitative estimate of drug-likeness (QED) is 0.463. The van der Waals surface area contributed by atoms with Crippen molar-refractivity contribution in [3.05, 3.63) is 52.5 Å². The van der Waals surface area contributed by atoms with E-state index in [4.69, 9.17) is 40.2 Å². The van der Waals surface area contributed by atoms with E-state index in [0.29, 0.717) is 38.6 Å². The van der Waals surface area contributed by atoms with E-state index < -0.39 is 6.10 Å². The first-order valence-corrected chi connectivity index (χ1v) is 10.3. The van der Waals surface area contributed by atoms with E-state index in [1.165, 1.54) is 0 Å². The molecule has 0 aromatic heterocycles. The third-order valence-corrected chi connectivity index (χ3v) is 4.67.